The van der Waals surface area contributed by atoms with Crippen molar-refractivity contribution in [1.82, 2.24) is 15.2 Å². The molecule has 0 spiro atoms. The van der Waals surface area contributed by atoms with Crippen LogP contribution in [-0.4, -0.2) is 38.2 Å². The highest BCUT2D eigenvalue weighted by Gasteiger charge is 2.08. The van der Waals surface area contributed by atoms with Crippen LogP contribution in [0.1, 0.15) is 11.1 Å². The Labute approximate surface area is 160 Å². The van der Waals surface area contributed by atoms with E-state index < -0.39 is 0 Å². The molecule has 0 aliphatic rings. The number of thioether (sulfide) groups is 1. The summed E-state index contributed by atoms with van der Waals surface area (Å²) in [6.07, 6.45) is 1.47. The van der Waals surface area contributed by atoms with Crippen LogP contribution >= 0.6 is 11.8 Å². The lowest BCUT2D eigenvalue weighted by atomic mass is 10.2. The summed E-state index contributed by atoms with van der Waals surface area (Å²) in [6, 6.07) is 14.4. The standard InChI is InChI=1S/C18H18N6O2S/c1-12-6-2-4-8-14(12)20-16(26)11-27-18-21-17(23-24-18)22-19-10-13-7-3-5-9-15(13)25/h2-10,25H,11H2,1H3,(H,20,26)(H2,21,22,23,24)/b19-10+. The highest BCUT2D eigenvalue weighted by molar-refractivity contribution is 7.99. The molecule has 8 nitrogen and oxygen atoms in total. The number of H-pyrrole nitrogens is 1. The normalized spacial score (nSPS) is 10.9. The number of anilines is 2. The summed E-state index contributed by atoms with van der Waals surface area (Å²) in [6.45, 7) is 1.94. The number of hydrogen-bond donors (Lipinski definition) is 4. The van der Waals surface area contributed by atoms with Crippen LogP contribution in [0.25, 0.3) is 0 Å². The first-order valence-corrected chi connectivity index (χ1v) is 9.08. The SMILES string of the molecule is Cc1ccccc1NC(=O)CSc1n[nH]c(N/N=C/c2ccccc2O)n1. The minimum Gasteiger partial charge on any atom is -0.507 e. The van der Waals surface area contributed by atoms with Crippen LogP contribution in [-0.2, 0) is 4.79 Å². The second kappa shape index (κ2) is 8.86. The number of para-hydroxylation sites is 2. The number of phenolic OH excluding ortho intramolecular Hbond substituents is 1. The highest BCUT2D eigenvalue weighted by atomic mass is 32.2. The number of phenols is 1. The van der Waals surface area contributed by atoms with Gasteiger partial charge in [-0.15, -0.1) is 5.10 Å². The van der Waals surface area contributed by atoms with Gasteiger partial charge in [0.15, 0.2) is 0 Å². The number of nitrogens with zero attached hydrogens (tertiary/aromatic N) is 3. The number of aromatic hydroxyl groups is 1. The number of aromatic amines is 1. The minimum absolute atomic E-state index is 0.133. The number of carbonyl (C=O) groups is 1. The number of aromatic nitrogens is 3. The lowest BCUT2D eigenvalue weighted by molar-refractivity contribution is -0.113. The monoisotopic (exact) mass is 382 g/mol. The maximum Gasteiger partial charge on any atom is 0.240 e. The van der Waals surface area contributed by atoms with Gasteiger partial charge in [0.2, 0.25) is 17.0 Å². The van der Waals surface area contributed by atoms with Gasteiger partial charge in [-0.1, -0.05) is 42.1 Å². The van der Waals surface area contributed by atoms with E-state index in [1.807, 2.05) is 31.2 Å². The molecule has 0 bridgehead atoms. The van der Waals surface area contributed by atoms with Gasteiger partial charge >= 0.3 is 0 Å². The summed E-state index contributed by atoms with van der Waals surface area (Å²) in [5.41, 5.74) is 5.06. The van der Waals surface area contributed by atoms with E-state index in [0.717, 1.165) is 11.3 Å². The Kier molecular flexibility index (Phi) is 6.06. The van der Waals surface area contributed by atoms with Gasteiger partial charge in [-0.2, -0.15) is 10.1 Å². The van der Waals surface area contributed by atoms with Crippen LogP contribution in [0, 0.1) is 6.92 Å². The van der Waals surface area contributed by atoms with Gasteiger partial charge in [0.1, 0.15) is 5.75 Å². The van der Waals surface area contributed by atoms with Crippen molar-refractivity contribution in [2.75, 3.05) is 16.5 Å². The van der Waals surface area contributed by atoms with Gasteiger partial charge in [-0.3, -0.25) is 4.79 Å². The zero-order chi connectivity index (χ0) is 19.1. The fraction of sp³-hybridized carbons (Fsp3) is 0.111. The number of hydrazone groups is 1. The van der Waals surface area contributed by atoms with Crippen LogP contribution in [0.3, 0.4) is 0 Å². The molecule has 0 saturated heterocycles. The largest absolute Gasteiger partial charge is 0.507 e. The van der Waals surface area contributed by atoms with Crippen molar-refractivity contribution in [2.45, 2.75) is 12.1 Å². The van der Waals surface area contributed by atoms with Crippen LogP contribution in [0.2, 0.25) is 0 Å². The molecule has 27 heavy (non-hydrogen) atoms. The van der Waals surface area contributed by atoms with E-state index in [1.54, 1.807) is 24.3 Å². The molecule has 1 heterocycles. The van der Waals surface area contributed by atoms with Crippen molar-refractivity contribution >= 4 is 35.5 Å². The molecule has 1 amide bonds. The number of nitrogens with one attached hydrogen (secondary N) is 3. The third-order valence-electron chi connectivity index (χ3n) is 3.53. The summed E-state index contributed by atoms with van der Waals surface area (Å²) < 4.78 is 0. The van der Waals surface area contributed by atoms with E-state index >= 15 is 0 Å². The Morgan fingerprint density at radius 1 is 1.26 bits per heavy atom. The molecule has 0 radical (unpaired) electrons. The first-order chi connectivity index (χ1) is 13.1. The Balaban J connectivity index is 1.48. The van der Waals surface area contributed by atoms with Crippen molar-refractivity contribution in [2.24, 2.45) is 5.10 Å². The van der Waals surface area contributed by atoms with Crippen molar-refractivity contribution in [3.63, 3.8) is 0 Å². The second-order valence-electron chi connectivity index (χ2n) is 5.55. The first-order valence-electron chi connectivity index (χ1n) is 8.09. The average Bonchev–Trinajstić information content (AvgIpc) is 3.11. The molecular weight excluding hydrogens is 364 g/mol. The number of hydrogen-bond acceptors (Lipinski definition) is 7. The molecule has 3 aromatic rings. The molecule has 0 atom stereocenters. The average molecular weight is 382 g/mol. The van der Waals surface area contributed by atoms with Gasteiger partial charge in [0.05, 0.1) is 12.0 Å². The van der Waals surface area contributed by atoms with Crippen molar-refractivity contribution < 1.29 is 9.90 Å². The molecule has 0 fully saturated rings. The summed E-state index contributed by atoms with van der Waals surface area (Å²) >= 11 is 1.21. The van der Waals surface area contributed by atoms with Crippen LogP contribution in [0.15, 0.2) is 58.8 Å². The minimum atomic E-state index is -0.133. The number of amides is 1. The molecule has 3 rings (SSSR count). The second-order valence-corrected chi connectivity index (χ2v) is 6.49. The van der Waals surface area contributed by atoms with Crippen molar-refractivity contribution in [3.8, 4) is 5.75 Å². The number of rotatable bonds is 7. The third-order valence-corrected chi connectivity index (χ3v) is 4.37. The quantitative estimate of drug-likeness (QED) is 0.284. The predicted octanol–water partition coefficient (Wildman–Crippen LogP) is 3.00. The molecule has 4 N–H and O–H groups in total. The topological polar surface area (TPSA) is 115 Å². The first kappa shape index (κ1) is 18.5. The van der Waals surface area contributed by atoms with E-state index in [4.69, 9.17) is 0 Å². The molecule has 0 saturated carbocycles. The molecular formula is C18H18N6O2S. The van der Waals surface area contributed by atoms with Crippen LogP contribution in [0.4, 0.5) is 11.6 Å². The lowest BCUT2D eigenvalue weighted by Gasteiger charge is -2.06. The van der Waals surface area contributed by atoms with Gasteiger partial charge in [-0.05, 0) is 30.7 Å². The number of carbonyl (C=O) groups excluding carboxylic acids is 1. The Hall–Kier alpha value is -3.33. The summed E-state index contributed by atoms with van der Waals surface area (Å²) in [7, 11) is 0. The molecule has 0 aliphatic heterocycles. The van der Waals surface area contributed by atoms with Gasteiger partial charge in [0.25, 0.3) is 0 Å². The smallest absolute Gasteiger partial charge is 0.240 e. The van der Waals surface area contributed by atoms with E-state index in [1.165, 1.54) is 18.0 Å². The van der Waals surface area contributed by atoms with E-state index in [0.29, 0.717) is 16.7 Å². The summed E-state index contributed by atoms with van der Waals surface area (Å²) in [5.74, 6) is 0.526. The summed E-state index contributed by atoms with van der Waals surface area (Å²) in [5, 5.41) is 23.6. The van der Waals surface area contributed by atoms with E-state index in [2.05, 4.69) is 31.0 Å². The molecule has 2 aromatic carbocycles. The molecule has 0 aliphatic carbocycles. The zero-order valence-corrected chi connectivity index (χ0v) is 15.3. The maximum absolute atomic E-state index is 12.0. The lowest BCUT2D eigenvalue weighted by Crippen LogP contribution is -2.14. The van der Waals surface area contributed by atoms with Gasteiger partial charge in [0, 0.05) is 11.3 Å². The van der Waals surface area contributed by atoms with Gasteiger partial charge in [-0.25, -0.2) is 10.5 Å². The fourth-order valence-electron chi connectivity index (χ4n) is 2.15. The highest BCUT2D eigenvalue weighted by Crippen LogP contribution is 2.17. The Bertz CT molecular complexity index is 956. The number of benzene rings is 2. The Morgan fingerprint density at radius 3 is 2.85 bits per heavy atom. The Morgan fingerprint density at radius 2 is 2.04 bits per heavy atom. The molecule has 9 heteroatoms. The maximum atomic E-state index is 12.0. The third kappa shape index (κ3) is 5.32. The van der Waals surface area contributed by atoms with Crippen molar-refractivity contribution in [3.05, 3.63) is 59.7 Å². The van der Waals surface area contributed by atoms with Crippen LogP contribution < -0.4 is 10.7 Å². The summed E-state index contributed by atoms with van der Waals surface area (Å²) in [4.78, 5) is 16.2. The molecule has 138 valence electrons. The zero-order valence-electron chi connectivity index (χ0n) is 14.5. The van der Waals surface area contributed by atoms with E-state index in [9.17, 15) is 9.90 Å². The van der Waals surface area contributed by atoms with E-state index in [-0.39, 0.29) is 17.4 Å². The van der Waals surface area contributed by atoms with Gasteiger partial charge < -0.3 is 10.4 Å². The number of aryl methyl sites for hydroxylation is 1. The molecule has 0 unspecified atom stereocenters. The predicted molar refractivity (Wildman–Crippen MR) is 106 cm³/mol. The van der Waals surface area contributed by atoms with Crippen molar-refractivity contribution in [1.29, 1.82) is 0 Å². The molecule has 1 aromatic heterocycles. The van der Waals surface area contributed by atoms with Crippen LogP contribution in [0.5, 0.6) is 5.75 Å². The fourth-order valence-corrected chi connectivity index (χ4v) is 2.75.